The molecule has 0 aliphatic rings. The fraction of sp³-hybridized carbons (Fsp3) is 0.429. The van der Waals surface area contributed by atoms with Crippen molar-refractivity contribution in [3.63, 3.8) is 0 Å². The first-order chi connectivity index (χ1) is 5.97. The van der Waals surface area contributed by atoms with Crippen molar-refractivity contribution >= 4 is 12.1 Å². The Labute approximate surface area is 74.3 Å². The average molecular weight is 183 g/mol. The van der Waals surface area contributed by atoms with Crippen LogP contribution in [0.3, 0.4) is 0 Å². The zero-order valence-electron chi connectivity index (χ0n) is 7.30. The molecule has 0 N–H and O–H groups in total. The Morgan fingerprint density at radius 3 is 2.69 bits per heavy atom. The van der Waals surface area contributed by atoms with Crippen molar-refractivity contribution in [2.45, 2.75) is 19.4 Å². The van der Waals surface area contributed by atoms with Crippen LogP contribution < -0.4 is 0 Å². The van der Waals surface area contributed by atoms with Gasteiger partial charge in [0.05, 0.1) is 5.54 Å². The molecule has 0 aliphatic heterocycles. The Balaban J connectivity index is 3.05. The average Bonchev–Trinajstić information content (AvgIpc) is 2.52. The summed E-state index contributed by atoms with van der Waals surface area (Å²) in [7, 11) is 0. The lowest BCUT2D eigenvalue weighted by molar-refractivity contribution is -0.389. The minimum absolute atomic E-state index is 0.255. The van der Waals surface area contributed by atoms with Crippen LogP contribution in [0.1, 0.15) is 13.8 Å². The molecule has 6 nitrogen and oxygen atoms in total. The van der Waals surface area contributed by atoms with Crippen molar-refractivity contribution in [1.29, 1.82) is 0 Å². The topological polar surface area (TPSA) is 78.0 Å². The lowest BCUT2D eigenvalue weighted by Gasteiger charge is -2.16. The third-order valence-electron chi connectivity index (χ3n) is 1.71. The zero-order chi connectivity index (χ0) is 10.1. The minimum atomic E-state index is -0.790. The van der Waals surface area contributed by atoms with Gasteiger partial charge in [-0.3, -0.25) is 4.57 Å². The molecule has 0 atom stereocenters. The smallest absolute Gasteiger partial charge is 0.358 e. The Bertz CT molecular complexity index is 343. The van der Waals surface area contributed by atoms with Gasteiger partial charge in [-0.2, -0.15) is 0 Å². The summed E-state index contributed by atoms with van der Waals surface area (Å²) in [5, 5.41) is 10.3. The van der Waals surface area contributed by atoms with E-state index in [9.17, 15) is 14.9 Å². The highest BCUT2D eigenvalue weighted by atomic mass is 16.6. The van der Waals surface area contributed by atoms with Gasteiger partial charge in [-0.1, -0.05) is 0 Å². The van der Waals surface area contributed by atoms with Crippen LogP contribution in [0, 0.1) is 10.1 Å². The molecular formula is C7H9N3O3. The summed E-state index contributed by atoms with van der Waals surface area (Å²) in [6.07, 6.45) is 3.21. The number of carbonyl (C=O) groups is 1. The van der Waals surface area contributed by atoms with E-state index in [0.717, 1.165) is 0 Å². The normalized spacial score (nSPS) is 11.2. The molecule has 0 unspecified atom stereocenters. The molecule has 0 amide bonds. The van der Waals surface area contributed by atoms with E-state index in [-0.39, 0.29) is 5.82 Å². The van der Waals surface area contributed by atoms with E-state index in [2.05, 4.69) is 4.98 Å². The van der Waals surface area contributed by atoms with E-state index in [0.29, 0.717) is 6.29 Å². The first-order valence-electron chi connectivity index (χ1n) is 3.62. The molecule has 0 saturated carbocycles. The lowest BCUT2D eigenvalue weighted by Crippen LogP contribution is -2.26. The highest BCUT2D eigenvalue weighted by Crippen LogP contribution is 2.15. The second-order valence-electron chi connectivity index (χ2n) is 3.17. The van der Waals surface area contributed by atoms with Crippen LogP contribution in [-0.4, -0.2) is 20.8 Å². The molecule has 1 rings (SSSR count). The molecular weight excluding hydrogens is 174 g/mol. The molecule has 0 aliphatic carbocycles. The molecule has 0 aromatic carbocycles. The molecule has 0 radical (unpaired) electrons. The Hall–Kier alpha value is -1.72. The van der Waals surface area contributed by atoms with Crippen LogP contribution in [0.5, 0.6) is 0 Å². The van der Waals surface area contributed by atoms with E-state index in [1.54, 1.807) is 13.8 Å². The lowest BCUT2D eigenvalue weighted by atomic mass is 10.1. The fourth-order valence-corrected chi connectivity index (χ4v) is 0.783. The van der Waals surface area contributed by atoms with Gasteiger partial charge in [-0.15, -0.1) is 0 Å². The molecule has 70 valence electrons. The summed E-state index contributed by atoms with van der Waals surface area (Å²) in [4.78, 5) is 23.8. The van der Waals surface area contributed by atoms with E-state index in [4.69, 9.17) is 0 Å². The quantitative estimate of drug-likeness (QED) is 0.393. The molecule has 6 heteroatoms. The Morgan fingerprint density at radius 2 is 2.31 bits per heavy atom. The summed E-state index contributed by atoms with van der Waals surface area (Å²) in [5.41, 5.74) is -0.790. The predicted octanol–water partition coefficient (Wildman–Crippen LogP) is 0.725. The van der Waals surface area contributed by atoms with E-state index < -0.39 is 10.5 Å². The maximum absolute atomic E-state index is 10.6. The van der Waals surface area contributed by atoms with Gasteiger partial charge in [-0.05, 0) is 23.8 Å². The second-order valence-corrected chi connectivity index (χ2v) is 3.17. The number of aromatic nitrogens is 2. The Morgan fingerprint density at radius 1 is 1.69 bits per heavy atom. The number of imidazole rings is 1. The molecule has 0 spiro atoms. The second kappa shape index (κ2) is 2.96. The first kappa shape index (κ1) is 9.37. The van der Waals surface area contributed by atoms with E-state index in [1.807, 2.05) is 0 Å². The van der Waals surface area contributed by atoms with Crippen molar-refractivity contribution in [3.05, 3.63) is 22.6 Å². The number of carbonyl (C=O) groups excluding carboxylic acids is 1. The van der Waals surface area contributed by atoms with Gasteiger partial charge in [0.1, 0.15) is 12.5 Å². The van der Waals surface area contributed by atoms with Crippen LogP contribution >= 0.6 is 0 Å². The van der Waals surface area contributed by atoms with Gasteiger partial charge in [0.2, 0.25) is 6.33 Å². The van der Waals surface area contributed by atoms with Gasteiger partial charge in [-0.25, -0.2) is 0 Å². The van der Waals surface area contributed by atoms with Crippen LogP contribution in [-0.2, 0) is 10.3 Å². The highest BCUT2D eigenvalue weighted by molar-refractivity contribution is 5.60. The van der Waals surface area contributed by atoms with Crippen molar-refractivity contribution in [2.24, 2.45) is 0 Å². The van der Waals surface area contributed by atoms with Crippen LogP contribution in [0.2, 0.25) is 0 Å². The fourth-order valence-electron chi connectivity index (χ4n) is 0.783. The molecule has 13 heavy (non-hydrogen) atoms. The summed E-state index contributed by atoms with van der Waals surface area (Å²) < 4.78 is 1.40. The molecule has 1 heterocycles. The minimum Gasteiger partial charge on any atom is -0.358 e. The van der Waals surface area contributed by atoms with Crippen molar-refractivity contribution in [3.8, 4) is 0 Å². The molecule has 0 saturated heterocycles. The largest absolute Gasteiger partial charge is 0.381 e. The van der Waals surface area contributed by atoms with Crippen LogP contribution in [0.15, 0.2) is 12.5 Å². The van der Waals surface area contributed by atoms with Gasteiger partial charge >= 0.3 is 5.82 Å². The number of nitro groups is 1. The van der Waals surface area contributed by atoms with Gasteiger partial charge in [0.15, 0.2) is 0 Å². The number of aldehydes is 1. The highest BCUT2D eigenvalue weighted by Gasteiger charge is 2.22. The van der Waals surface area contributed by atoms with Gasteiger partial charge in [0, 0.05) is 0 Å². The molecule has 1 aromatic heterocycles. The summed E-state index contributed by atoms with van der Waals surface area (Å²) >= 11 is 0. The molecule has 0 fully saturated rings. The monoisotopic (exact) mass is 183 g/mol. The van der Waals surface area contributed by atoms with Crippen molar-refractivity contribution in [2.75, 3.05) is 0 Å². The summed E-state index contributed by atoms with van der Waals surface area (Å²) in [6, 6.07) is 0. The first-order valence-corrected chi connectivity index (χ1v) is 3.62. The Kier molecular flexibility index (Phi) is 2.14. The number of nitrogens with zero attached hydrogens (tertiary/aromatic N) is 3. The summed E-state index contributed by atoms with van der Waals surface area (Å²) in [5.74, 6) is -0.255. The zero-order valence-corrected chi connectivity index (χ0v) is 7.30. The van der Waals surface area contributed by atoms with E-state index >= 15 is 0 Å². The maximum atomic E-state index is 10.6. The number of hydrogen-bond acceptors (Lipinski definition) is 4. The van der Waals surface area contributed by atoms with Gasteiger partial charge < -0.3 is 14.9 Å². The third kappa shape index (κ3) is 1.71. The molecule has 0 bridgehead atoms. The number of hydrogen-bond donors (Lipinski definition) is 0. The molecule has 1 aromatic rings. The van der Waals surface area contributed by atoms with Crippen LogP contribution in [0.4, 0.5) is 5.82 Å². The predicted molar refractivity (Wildman–Crippen MR) is 44.3 cm³/mol. The number of rotatable bonds is 3. The van der Waals surface area contributed by atoms with Crippen LogP contribution in [0.25, 0.3) is 0 Å². The SMILES string of the molecule is CC(C)(C=O)n1cnc([N+](=O)[O-])c1. The van der Waals surface area contributed by atoms with Gasteiger partial charge in [0.25, 0.3) is 0 Å². The summed E-state index contributed by atoms with van der Waals surface area (Å²) in [6.45, 7) is 3.29. The van der Waals surface area contributed by atoms with Crippen molar-refractivity contribution in [1.82, 2.24) is 9.55 Å². The van der Waals surface area contributed by atoms with Crippen molar-refractivity contribution < 1.29 is 9.72 Å². The van der Waals surface area contributed by atoms with E-state index in [1.165, 1.54) is 17.1 Å². The standard InChI is InChI=1S/C7H9N3O3/c1-7(2,4-11)9-3-6(8-5-9)10(12)13/h3-5H,1-2H3. The maximum Gasteiger partial charge on any atom is 0.381 e. The third-order valence-corrected chi connectivity index (χ3v) is 1.71.